The SMILES string of the molecule is CC(C)=CNC(=O)Nc1ccc2nc[nH]c2c1. The summed E-state index contributed by atoms with van der Waals surface area (Å²) < 4.78 is 0. The molecule has 0 aliphatic heterocycles. The fourth-order valence-electron chi connectivity index (χ4n) is 1.39. The Bertz CT molecular complexity index is 567. The van der Waals surface area contributed by atoms with Crippen molar-refractivity contribution in [3.63, 3.8) is 0 Å². The molecule has 5 nitrogen and oxygen atoms in total. The Morgan fingerprint density at radius 3 is 3.00 bits per heavy atom. The van der Waals surface area contributed by atoms with Crippen LogP contribution in [-0.4, -0.2) is 16.0 Å². The van der Waals surface area contributed by atoms with Crippen molar-refractivity contribution in [1.82, 2.24) is 15.3 Å². The minimum absolute atomic E-state index is 0.259. The number of anilines is 1. The number of allylic oxidation sites excluding steroid dienone is 1. The maximum absolute atomic E-state index is 11.5. The van der Waals surface area contributed by atoms with Crippen LogP contribution in [0.2, 0.25) is 0 Å². The summed E-state index contributed by atoms with van der Waals surface area (Å²) in [7, 11) is 0. The number of aromatic nitrogens is 2. The lowest BCUT2D eigenvalue weighted by Gasteiger charge is -2.04. The maximum atomic E-state index is 11.5. The van der Waals surface area contributed by atoms with E-state index in [4.69, 9.17) is 0 Å². The highest BCUT2D eigenvalue weighted by Crippen LogP contribution is 2.15. The molecule has 2 rings (SSSR count). The molecule has 1 aromatic heterocycles. The third-order valence-corrected chi connectivity index (χ3v) is 2.17. The van der Waals surface area contributed by atoms with E-state index in [2.05, 4.69) is 20.6 Å². The van der Waals surface area contributed by atoms with Crippen LogP contribution in [0, 0.1) is 0 Å². The fourth-order valence-corrected chi connectivity index (χ4v) is 1.39. The van der Waals surface area contributed by atoms with Crippen LogP contribution in [0.3, 0.4) is 0 Å². The molecule has 1 aromatic carbocycles. The summed E-state index contributed by atoms with van der Waals surface area (Å²) in [6.45, 7) is 3.83. The van der Waals surface area contributed by atoms with Crippen molar-refractivity contribution in [3.05, 3.63) is 36.3 Å². The number of benzene rings is 1. The second-order valence-corrected chi connectivity index (χ2v) is 3.95. The van der Waals surface area contributed by atoms with Crippen molar-refractivity contribution < 1.29 is 4.79 Å². The van der Waals surface area contributed by atoms with Crippen molar-refractivity contribution in [3.8, 4) is 0 Å². The van der Waals surface area contributed by atoms with E-state index in [9.17, 15) is 4.79 Å². The quantitative estimate of drug-likeness (QED) is 0.742. The predicted molar refractivity (Wildman–Crippen MR) is 67.7 cm³/mol. The van der Waals surface area contributed by atoms with Gasteiger partial charge in [-0.1, -0.05) is 5.57 Å². The van der Waals surface area contributed by atoms with E-state index in [-0.39, 0.29) is 6.03 Å². The van der Waals surface area contributed by atoms with Gasteiger partial charge in [0, 0.05) is 11.9 Å². The first-order valence-electron chi connectivity index (χ1n) is 5.29. The highest BCUT2D eigenvalue weighted by Gasteiger charge is 2.01. The first kappa shape index (κ1) is 11.2. The molecule has 0 atom stereocenters. The molecule has 0 spiro atoms. The molecule has 0 radical (unpaired) electrons. The predicted octanol–water partition coefficient (Wildman–Crippen LogP) is 2.61. The minimum Gasteiger partial charge on any atom is -0.345 e. The molecule has 88 valence electrons. The number of carbonyl (C=O) groups excluding carboxylic acids is 1. The number of imidazole rings is 1. The van der Waals surface area contributed by atoms with Crippen LogP contribution in [0.15, 0.2) is 36.3 Å². The first-order chi connectivity index (χ1) is 8.15. The van der Waals surface area contributed by atoms with Gasteiger partial charge in [-0.3, -0.25) is 0 Å². The van der Waals surface area contributed by atoms with Crippen LogP contribution >= 0.6 is 0 Å². The van der Waals surface area contributed by atoms with Crippen LogP contribution in [0.25, 0.3) is 11.0 Å². The Morgan fingerprint density at radius 1 is 1.41 bits per heavy atom. The molecule has 0 aliphatic rings. The number of rotatable bonds is 2. The van der Waals surface area contributed by atoms with Crippen LogP contribution in [0.1, 0.15) is 13.8 Å². The summed E-state index contributed by atoms with van der Waals surface area (Å²) in [5, 5.41) is 5.37. The number of carbonyl (C=O) groups is 1. The van der Waals surface area contributed by atoms with Crippen molar-refractivity contribution in [1.29, 1.82) is 0 Å². The van der Waals surface area contributed by atoms with E-state index >= 15 is 0 Å². The molecule has 0 saturated carbocycles. The molecule has 0 fully saturated rings. The molecule has 2 amide bonds. The van der Waals surface area contributed by atoms with E-state index < -0.39 is 0 Å². The zero-order valence-electron chi connectivity index (χ0n) is 9.74. The maximum Gasteiger partial charge on any atom is 0.323 e. The zero-order valence-corrected chi connectivity index (χ0v) is 9.74. The van der Waals surface area contributed by atoms with Gasteiger partial charge in [0.1, 0.15) is 0 Å². The molecule has 2 aromatic rings. The highest BCUT2D eigenvalue weighted by molar-refractivity contribution is 5.92. The van der Waals surface area contributed by atoms with Crippen molar-refractivity contribution in [2.45, 2.75) is 13.8 Å². The molecule has 0 saturated heterocycles. The molecule has 17 heavy (non-hydrogen) atoms. The minimum atomic E-state index is -0.259. The molecule has 0 aliphatic carbocycles. The second-order valence-electron chi connectivity index (χ2n) is 3.95. The number of amides is 2. The number of H-pyrrole nitrogens is 1. The number of aromatic amines is 1. The van der Waals surface area contributed by atoms with Gasteiger partial charge in [0.05, 0.1) is 17.4 Å². The van der Waals surface area contributed by atoms with Gasteiger partial charge in [-0.05, 0) is 32.0 Å². The van der Waals surface area contributed by atoms with E-state index in [0.717, 1.165) is 22.3 Å². The Balaban J connectivity index is 2.07. The van der Waals surface area contributed by atoms with Gasteiger partial charge < -0.3 is 15.6 Å². The highest BCUT2D eigenvalue weighted by atomic mass is 16.2. The number of nitrogens with one attached hydrogen (secondary N) is 3. The van der Waals surface area contributed by atoms with Crippen molar-refractivity contribution in [2.24, 2.45) is 0 Å². The van der Waals surface area contributed by atoms with E-state index in [0.29, 0.717) is 0 Å². The lowest BCUT2D eigenvalue weighted by Crippen LogP contribution is -2.24. The molecule has 1 heterocycles. The Kier molecular flexibility index (Phi) is 3.09. The van der Waals surface area contributed by atoms with Crippen LogP contribution in [0.4, 0.5) is 10.5 Å². The lowest BCUT2D eigenvalue weighted by molar-refractivity contribution is 0.255. The third kappa shape index (κ3) is 2.84. The molecule has 5 heteroatoms. The topological polar surface area (TPSA) is 69.8 Å². The average Bonchev–Trinajstić information content (AvgIpc) is 2.73. The number of nitrogens with zero attached hydrogens (tertiary/aromatic N) is 1. The standard InChI is InChI=1S/C12H14N4O/c1-8(2)6-13-12(17)16-9-3-4-10-11(5-9)15-7-14-10/h3-7H,1-2H3,(H,14,15)(H2,13,16,17). The van der Waals surface area contributed by atoms with Crippen LogP contribution in [-0.2, 0) is 0 Å². The molecular formula is C12H14N4O. The lowest BCUT2D eigenvalue weighted by atomic mass is 10.3. The van der Waals surface area contributed by atoms with E-state index in [1.165, 1.54) is 0 Å². The number of hydrogen-bond acceptors (Lipinski definition) is 2. The van der Waals surface area contributed by atoms with Gasteiger partial charge in [-0.25, -0.2) is 9.78 Å². The Morgan fingerprint density at radius 2 is 2.24 bits per heavy atom. The van der Waals surface area contributed by atoms with Gasteiger partial charge in [0.25, 0.3) is 0 Å². The summed E-state index contributed by atoms with van der Waals surface area (Å²) in [6.07, 6.45) is 3.28. The Hall–Kier alpha value is -2.30. The normalized spacial score (nSPS) is 10.0. The largest absolute Gasteiger partial charge is 0.345 e. The molecular weight excluding hydrogens is 216 g/mol. The van der Waals surface area contributed by atoms with E-state index in [1.54, 1.807) is 12.5 Å². The first-order valence-corrected chi connectivity index (χ1v) is 5.29. The number of hydrogen-bond donors (Lipinski definition) is 3. The van der Waals surface area contributed by atoms with E-state index in [1.807, 2.05) is 32.0 Å². The third-order valence-electron chi connectivity index (χ3n) is 2.17. The zero-order chi connectivity index (χ0) is 12.3. The average molecular weight is 230 g/mol. The molecule has 0 bridgehead atoms. The van der Waals surface area contributed by atoms with Crippen LogP contribution in [0.5, 0.6) is 0 Å². The second kappa shape index (κ2) is 4.69. The van der Waals surface area contributed by atoms with Crippen LogP contribution < -0.4 is 10.6 Å². The summed E-state index contributed by atoms with van der Waals surface area (Å²) >= 11 is 0. The van der Waals surface area contributed by atoms with Gasteiger partial charge in [-0.15, -0.1) is 0 Å². The van der Waals surface area contributed by atoms with Gasteiger partial charge in [-0.2, -0.15) is 0 Å². The molecule has 0 unspecified atom stereocenters. The number of urea groups is 1. The summed E-state index contributed by atoms with van der Waals surface area (Å²) in [5.41, 5.74) is 3.52. The summed E-state index contributed by atoms with van der Waals surface area (Å²) in [6, 6.07) is 5.24. The monoisotopic (exact) mass is 230 g/mol. The molecule has 3 N–H and O–H groups in total. The van der Waals surface area contributed by atoms with Gasteiger partial charge in [0.2, 0.25) is 0 Å². The Labute approximate surface area is 98.9 Å². The summed E-state index contributed by atoms with van der Waals surface area (Å²) in [5.74, 6) is 0. The van der Waals surface area contributed by atoms with Crippen molar-refractivity contribution in [2.75, 3.05) is 5.32 Å². The fraction of sp³-hybridized carbons (Fsp3) is 0.167. The smallest absolute Gasteiger partial charge is 0.323 e. The van der Waals surface area contributed by atoms with Crippen molar-refractivity contribution >= 4 is 22.8 Å². The van der Waals surface area contributed by atoms with Gasteiger partial charge in [0.15, 0.2) is 0 Å². The summed E-state index contributed by atoms with van der Waals surface area (Å²) in [4.78, 5) is 18.6. The number of fused-ring (bicyclic) bond motifs is 1. The van der Waals surface area contributed by atoms with Gasteiger partial charge >= 0.3 is 6.03 Å².